The minimum Gasteiger partial charge on any atom is -0.496 e. The molecule has 5 heteroatoms. The van der Waals surface area contributed by atoms with Crippen LogP contribution in [0.1, 0.15) is 28.8 Å². The highest BCUT2D eigenvalue weighted by atomic mass is 16.5. The molecule has 0 radical (unpaired) electrons. The second kappa shape index (κ2) is 6.44. The monoisotopic (exact) mass is 313 g/mol. The number of carbonyl (C=O) groups excluding carboxylic acids is 1. The Bertz CT molecular complexity index is 721. The smallest absolute Gasteiger partial charge is 0.223 e. The molecule has 0 fully saturated rings. The number of nitrogens with one attached hydrogen (secondary N) is 1. The quantitative estimate of drug-likeness (QED) is 0.941. The highest BCUT2D eigenvalue weighted by Crippen LogP contribution is 2.25. The summed E-state index contributed by atoms with van der Waals surface area (Å²) in [5, 5.41) is 7.34. The Morgan fingerprint density at radius 1 is 1.48 bits per heavy atom. The van der Waals surface area contributed by atoms with Crippen LogP contribution in [0.5, 0.6) is 5.75 Å². The molecule has 0 bridgehead atoms. The summed E-state index contributed by atoms with van der Waals surface area (Å²) in [4.78, 5) is 12.5. The van der Waals surface area contributed by atoms with Gasteiger partial charge in [-0.2, -0.15) is 5.10 Å². The first kappa shape index (κ1) is 15.6. The molecule has 3 rings (SSSR count). The zero-order valence-electron chi connectivity index (χ0n) is 13.9. The van der Waals surface area contributed by atoms with Crippen LogP contribution in [-0.2, 0) is 31.2 Å². The number of rotatable bonds is 4. The predicted molar refractivity (Wildman–Crippen MR) is 88.3 cm³/mol. The van der Waals surface area contributed by atoms with Crippen molar-refractivity contribution in [3.05, 3.63) is 46.8 Å². The fourth-order valence-electron chi connectivity index (χ4n) is 3.18. The fraction of sp³-hybridized carbons (Fsp3) is 0.444. The van der Waals surface area contributed by atoms with Crippen LogP contribution in [0.15, 0.2) is 24.4 Å². The SMILES string of the molecule is COc1cc(CNC(=O)C2CCc3cnn(C)c3C2)ccc1C. The van der Waals surface area contributed by atoms with Crippen LogP contribution in [0.2, 0.25) is 0 Å². The molecule has 1 aromatic carbocycles. The first-order chi connectivity index (χ1) is 11.1. The molecule has 0 spiro atoms. The third-order valence-corrected chi connectivity index (χ3v) is 4.66. The highest BCUT2D eigenvalue weighted by Gasteiger charge is 2.26. The Morgan fingerprint density at radius 2 is 2.30 bits per heavy atom. The summed E-state index contributed by atoms with van der Waals surface area (Å²) in [6.07, 6.45) is 4.51. The molecule has 0 aliphatic heterocycles. The molecule has 5 nitrogen and oxygen atoms in total. The molecule has 1 heterocycles. The Labute approximate surface area is 136 Å². The van der Waals surface area contributed by atoms with Gasteiger partial charge < -0.3 is 10.1 Å². The fourth-order valence-corrected chi connectivity index (χ4v) is 3.18. The van der Waals surface area contributed by atoms with Crippen molar-refractivity contribution in [1.29, 1.82) is 0 Å². The van der Waals surface area contributed by atoms with Crippen LogP contribution in [0.3, 0.4) is 0 Å². The zero-order valence-corrected chi connectivity index (χ0v) is 13.9. The first-order valence-electron chi connectivity index (χ1n) is 7.99. The van der Waals surface area contributed by atoms with Crippen LogP contribution in [0, 0.1) is 12.8 Å². The highest BCUT2D eigenvalue weighted by molar-refractivity contribution is 5.79. The lowest BCUT2D eigenvalue weighted by atomic mass is 9.87. The largest absolute Gasteiger partial charge is 0.496 e. The molecular weight excluding hydrogens is 290 g/mol. The Hall–Kier alpha value is -2.30. The molecule has 1 aliphatic rings. The number of carbonyl (C=O) groups is 1. The lowest BCUT2D eigenvalue weighted by molar-refractivity contribution is -0.125. The molecule has 23 heavy (non-hydrogen) atoms. The van der Waals surface area contributed by atoms with Gasteiger partial charge in [0.05, 0.1) is 13.3 Å². The van der Waals surface area contributed by atoms with Crippen LogP contribution in [-0.4, -0.2) is 22.8 Å². The Morgan fingerprint density at radius 3 is 3.09 bits per heavy atom. The maximum absolute atomic E-state index is 12.5. The number of nitrogens with zero attached hydrogens (tertiary/aromatic N) is 2. The molecular formula is C18H23N3O2. The number of fused-ring (bicyclic) bond motifs is 1. The third kappa shape index (κ3) is 3.23. The summed E-state index contributed by atoms with van der Waals surface area (Å²) in [7, 11) is 3.61. The number of hydrogen-bond acceptors (Lipinski definition) is 3. The van der Waals surface area contributed by atoms with Gasteiger partial charge in [-0.3, -0.25) is 9.48 Å². The van der Waals surface area contributed by atoms with E-state index in [-0.39, 0.29) is 11.8 Å². The molecule has 2 aromatic rings. The van der Waals surface area contributed by atoms with E-state index in [4.69, 9.17) is 4.74 Å². The molecule has 1 amide bonds. The van der Waals surface area contributed by atoms with E-state index in [2.05, 4.69) is 10.4 Å². The topological polar surface area (TPSA) is 56.1 Å². The van der Waals surface area contributed by atoms with Gasteiger partial charge in [-0.1, -0.05) is 12.1 Å². The van der Waals surface area contributed by atoms with Crippen molar-refractivity contribution < 1.29 is 9.53 Å². The number of ether oxygens (including phenoxy) is 1. The maximum atomic E-state index is 12.5. The van der Waals surface area contributed by atoms with Gasteiger partial charge in [-0.25, -0.2) is 0 Å². The van der Waals surface area contributed by atoms with Gasteiger partial charge in [0, 0.05) is 31.6 Å². The minimum atomic E-state index is 0.0326. The number of aromatic nitrogens is 2. The molecule has 122 valence electrons. The average molecular weight is 313 g/mol. The Balaban J connectivity index is 1.61. The molecule has 1 unspecified atom stereocenters. The molecule has 1 N–H and O–H groups in total. The number of methoxy groups -OCH3 is 1. The van der Waals surface area contributed by atoms with E-state index >= 15 is 0 Å². The van der Waals surface area contributed by atoms with E-state index < -0.39 is 0 Å². The molecule has 1 atom stereocenters. The lowest BCUT2D eigenvalue weighted by Gasteiger charge is -2.22. The van der Waals surface area contributed by atoms with E-state index in [9.17, 15) is 4.79 Å². The maximum Gasteiger partial charge on any atom is 0.223 e. The summed E-state index contributed by atoms with van der Waals surface area (Å²) in [6.45, 7) is 2.54. The average Bonchev–Trinajstić information content (AvgIpc) is 2.94. The van der Waals surface area contributed by atoms with Gasteiger partial charge in [-0.05, 0) is 42.5 Å². The first-order valence-corrected chi connectivity index (χ1v) is 7.99. The van der Waals surface area contributed by atoms with Crippen molar-refractivity contribution in [2.45, 2.75) is 32.7 Å². The van der Waals surface area contributed by atoms with E-state index in [0.717, 1.165) is 36.1 Å². The van der Waals surface area contributed by atoms with Crippen LogP contribution in [0.4, 0.5) is 0 Å². The second-order valence-corrected chi connectivity index (χ2v) is 6.20. The van der Waals surface area contributed by atoms with Crippen LogP contribution in [0.25, 0.3) is 0 Å². The van der Waals surface area contributed by atoms with Gasteiger partial charge in [0.1, 0.15) is 5.75 Å². The standard InChI is InChI=1S/C18H23N3O2/c1-12-4-5-13(8-17(12)23-3)10-19-18(22)14-6-7-15-11-20-21(2)16(15)9-14/h4-5,8,11,14H,6-7,9-10H2,1-3H3,(H,19,22). The molecule has 1 aromatic heterocycles. The van der Waals surface area contributed by atoms with Gasteiger partial charge >= 0.3 is 0 Å². The Kier molecular flexibility index (Phi) is 4.37. The minimum absolute atomic E-state index is 0.0326. The van der Waals surface area contributed by atoms with E-state index in [1.165, 1.54) is 11.3 Å². The second-order valence-electron chi connectivity index (χ2n) is 6.20. The van der Waals surface area contributed by atoms with Crippen LogP contribution < -0.4 is 10.1 Å². The number of aryl methyl sites for hydroxylation is 3. The number of amides is 1. The molecule has 1 aliphatic carbocycles. The number of hydrogen-bond donors (Lipinski definition) is 1. The molecule has 0 saturated carbocycles. The molecule has 0 saturated heterocycles. The van der Waals surface area contributed by atoms with Crippen molar-refractivity contribution in [2.75, 3.05) is 7.11 Å². The van der Waals surface area contributed by atoms with E-state index in [1.54, 1.807) is 7.11 Å². The number of benzene rings is 1. The van der Waals surface area contributed by atoms with Gasteiger partial charge in [0.2, 0.25) is 5.91 Å². The van der Waals surface area contributed by atoms with Crippen molar-refractivity contribution in [3.63, 3.8) is 0 Å². The summed E-state index contributed by atoms with van der Waals surface area (Å²) in [6, 6.07) is 6.02. The van der Waals surface area contributed by atoms with E-state index in [1.807, 2.05) is 43.0 Å². The van der Waals surface area contributed by atoms with Crippen molar-refractivity contribution in [3.8, 4) is 5.75 Å². The summed E-state index contributed by atoms with van der Waals surface area (Å²) in [5.74, 6) is 1.01. The zero-order chi connectivity index (χ0) is 16.4. The predicted octanol–water partition coefficient (Wildman–Crippen LogP) is 2.16. The summed E-state index contributed by atoms with van der Waals surface area (Å²) in [5.41, 5.74) is 4.62. The normalized spacial score (nSPS) is 16.7. The third-order valence-electron chi connectivity index (χ3n) is 4.66. The van der Waals surface area contributed by atoms with E-state index in [0.29, 0.717) is 6.54 Å². The van der Waals surface area contributed by atoms with Crippen molar-refractivity contribution >= 4 is 5.91 Å². The summed E-state index contributed by atoms with van der Waals surface area (Å²) < 4.78 is 7.22. The summed E-state index contributed by atoms with van der Waals surface area (Å²) >= 11 is 0. The van der Waals surface area contributed by atoms with Gasteiger partial charge in [0.25, 0.3) is 0 Å². The van der Waals surface area contributed by atoms with Gasteiger partial charge in [0.15, 0.2) is 0 Å². The van der Waals surface area contributed by atoms with Gasteiger partial charge in [-0.15, -0.1) is 0 Å². The van der Waals surface area contributed by atoms with Crippen molar-refractivity contribution in [1.82, 2.24) is 15.1 Å². The van der Waals surface area contributed by atoms with Crippen molar-refractivity contribution in [2.24, 2.45) is 13.0 Å². The lowest BCUT2D eigenvalue weighted by Crippen LogP contribution is -2.34. The van der Waals surface area contributed by atoms with Crippen LogP contribution >= 0.6 is 0 Å².